The highest BCUT2D eigenvalue weighted by atomic mass is 31.2. The van der Waals surface area contributed by atoms with Crippen molar-refractivity contribution < 1.29 is 23.2 Å². The molecule has 7 heteroatoms. The van der Waals surface area contributed by atoms with Gasteiger partial charge in [-0.15, -0.1) is 0 Å². The molecule has 0 N–H and O–H groups in total. The SMILES string of the molecule is CCOP(=O)(CCCN(OCc1ccc(-c2ccccc2)cc1)C(C)=O)OCC. The lowest BCUT2D eigenvalue weighted by Crippen LogP contribution is -2.30. The Morgan fingerprint density at radius 1 is 0.931 bits per heavy atom. The largest absolute Gasteiger partial charge is 0.330 e. The Hall–Kier alpha value is -1.98. The molecule has 6 nitrogen and oxygen atoms in total. The van der Waals surface area contributed by atoms with E-state index in [9.17, 15) is 9.36 Å². The first-order chi connectivity index (χ1) is 14.0. The van der Waals surface area contributed by atoms with Crippen LogP contribution in [0.4, 0.5) is 0 Å². The van der Waals surface area contributed by atoms with Gasteiger partial charge in [-0.25, -0.2) is 5.06 Å². The van der Waals surface area contributed by atoms with E-state index >= 15 is 0 Å². The zero-order valence-electron chi connectivity index (χ0n) is 17.4. The molecule has 2 rings (SSSR count). The van der Waals surface area contributed by atoms with Gasteiger partial charge in [0.15, 0.2) is 0 Å². The minimum atomic E-state index is -3.11. The number of rotatable bonds is 12. The third-order valence-corrected chi connectivity index (χ3v) is 6.41. The first-order valence-electron chi connectivity index (χ1n) is 9.91. The zero-order valence-corrected chi connectivity index (χ0v) is 18.3. The van der Waals surface area contributed by atoms with E-state index in [-0.39, 0.29) is 18.7 Å². The van der Waals surface area contributed by atoms with E-state index in [1.807, 2.05) is 42.5 Å². The predicted molar refractivity (Wildman–Crippen MR) is 114 cm³/mol. The van der Waals surface area contributed by atoms with Gasteiger partial charge in [-0.05, 0) is 37.0 Å². The van der Waals surface area contributed by atoms with E-state index in [0.29, 0.717) is 26.2 Å². The first kappa shape index (κ1) is 23.3. The summed E-state index contributed by atoms with van der Waals surface area (Å²) < 4.78 is 23.1. The van der Waals surface area contributed by atoms with Crippen molar-refractivity contribution in [3.63, 3.8) is 0 Å². The lowest BCUT2D eigenvalue weighted by Gasteiger charge is -2.22. The monoisotopic (exact) mass is 419 g/mol. The molecule has 29 heavy (non-hydrogen) atoms. The minimum absolute atomic E-state index is 0.200. The topological polar surface area (TPSA) is 65.1 Å². The molecular formula is C22H30NO5P. The summed E-state index contributed by atoms with van der Waals surface area (Å²) in [6.45, 7) is 6.25. The van der Waals surface area contributed by atoms with E-state index in [0.717, 1.165) is 16.7 Å². The Morgan fingerprint density at radius 2 is 1.52 bits per heavy atom. The van der Waals surface area contributed by atoms with Crippen LogP contribution in [0.3, 0.4) is 0 Å². The highest BCUT2D eigenvalue weighted by Crippen LogP contribution is 2.48. The van der Waals surface area contributed by atoms with Crippen molar-refractivity contribution in [2.45, 2.75) is 33.8 Å². The summed E-state index contributed by atoms with van der Waals surface area (Å²) in [5.41, 5.74) is 3.24. The molecule has 0 aliphatic carbocycles. The Morgan fingerprint density at radius 3 is 2.07 bits per heavy atom. The Bertz CT molecular complexity index is 785. The van der Waals surface area contributed by atoms with Crippen LogP contribution in [0.2, 0.25) is 0 Å². The van der Waals surface area contributed by atoms with Crippen LogP contribution in [0, 0.1) is 0 Å². The van der Waals surface area contributed by atoms with Crippen LogP contribution in [0.15, 0.2) is 54.6 Å². The third-order valence-electron chi connectivity index (χ3n) is 4.24. The summed E-state index contributed by atoms with van der Waals surface area (Å²) >= 11 is 0. The number of carbonyl (C=O) groups is 1. The summed E-state index contributed by atoms with van der Waals surface area (Å²) in [6, 6.07) is 18.2. The fraction of sp³-hybridized carbons (Fsp3) is 0.409. The molecule has 0 aliphatic rings. The highest BCUT2D eigenvalue weighted by Gasteiger charge is 2.23. The summed E-state index contributed by atoms with van der Waals surface area (Å²) in [6.07, 6.45) is 0.706. The van der Waals surface area contributed by atoms with Crippen LogP contribution in [0.1, 0.15) is 32.8 Å². The predicted octanol–water partition coefficient (Wildman–Crippen LogP) is 5.29. The fourth-order valence-electron chi connectivity index (χ4n) is 2.86. The first-order valence-corrected chi connectivity index (χ1v) is 11.6. The Kier molecular flexibility index (Phi) is 9.55. The van der Waals surface area contributed by atoms with E-state index in [4.69, 9.17) is 13.9 Å². The lowest BCUT2D eigenvalue weighted by atomic mass is 10.0. The summed E-state index contributed by atoms with van der Waals surface area (Å²) in [5, 5.41) is 1.30. The molecule has 0 fully saturated rings. The van der Waals surface area contributed by atoms with Gasteiger partial charge < -0.3 is 9.05 Å². The molecule has 0 aliphatic heterocycles. The molecule has 0 heterocycles. The van der Waals surface area contributed by atoms with Crippen LogP contribution in [0.5, 0.6) is 0 Å². The van der Waals surface area contributed by atoms with Crippen molar-refractivity contribution in [2.75, 3.05) is 25.9 Å². The van der Waals surface area contributed by atoms with Crippen molar-refractivity contribution in [3.8, 4) is 11.1 Å². The van der Waals surface area contributed by atoms with Crippen molar-refractivity contribution in [1.29, 1.82) is 0 Å². The van der Waals surface area contributed by atoms with Gasteiger partial charge in [0.05, 0.1) is 19.4 Å². The van der Waals surface area contributed by atoms with Gasteiger partial charge in [0, 0.05) is 13.5 Å². The Labute approximate surface area is 173 Å². The molecule has 0 atom stereocenters. The van der Waals surface area contributed by atoms with Crippen molar-refractivity contribution >= 4 is 13.5 Å². The van der Waals surface area contributed by atoms with Gasteiger partial charge in [0.1, 0.15) is 6.61 Å². The average Bonchev–Trinajstić information content (AvgIpc) is 2.71. The van der Waals surface area contributed by atoms with Crippen LogP contribution in [0.25, 0.3) is 11.1 Å². The number of carbonyl (C=O) groups excluding carboxylic acids is 1. The fourth-order valence-corrected chi connectivity index (χ4v) is 4.51. The number of benzene rings is 2. The zero-order chi connectivity index (χ0) is 21.1. The maximum atomic E-state index is 12.5. The summed E-state index contributed by atoms with van der Waals surface area (Å²) in [5.74, 6) is -0.200. The third kappa shape index (κ3) is 7.75. The molecular weight excluding hydrogens is 389 g/mol. The maximum Gasteiger partial charge on any atom is 0.330 e. The van der Waals surface area contributed by atoms with Crippen LogP contribution in [-0.2, 0) is 29.9 Å². The molecule has 0 saturated carbocycles. The molecule has 2 aromatic carbocycles. The molecule has 0 saturated heterocycles. The second-order valence-corrected chi connectivity index (χ2v) is 8.67. The second-order valence-electron chi connectivity index (χ2n) is 6.48. The maximum absolute atomic E-state index is 12.5. The van der Waals surface area contributed by atoms with E-state index < -0.39 is 7.60 Å². The molecule has 158 valence electrons. The average molecular weight is 419 g/mol. The number of amides is 1. The standard InChI is InChI=1S/C22H30NO5P/c1-4-27-29(25,28-5-2)17-9-16-23(19(3)24)26-18-20-12-14-22(15-13-20)21-10-7-6-8-11-21/h6-8,10-15H,4-5,9,16-18H2,1-3H3. The number of hydrogen-bond donors (Lipinski definition) is 0. The molecule has 0 radical (unpaired) electrons. The molecule has 2 aromatic rings. The number of nitrogens with zero attached hydrogens (tertiary/aromatic N) is 1. The van der Waals surface area contributed by atoms with Gasteiger partial charge in [-0.1, -0.05) is 54.6 Å². The van der Waals surface area contributed by atoms with Gasteiger partial charge >= 0.3 is 7.60 Å². The smallest absolute Gasteiger partial charge is 0.309 e. The van der Waals surface area contributed by atoms with Gasteiger partial charge in [0.25, 0.3) is 0 Å². The van der Waals surface area contributed by atoms with Crippen molar-refractivity contribution in [3.05, 3.63) is 60.2 Å². The van der Waals surface area contributed by atoms with Crippen molar-refractivity contribution in [1.82, 2.24) is 5.06 Å². The normalized spacial score (nSPS) is 11.4. The van der Waals surface area contributed by atoms with Gasteiger partial charge in [-0.3, -0.25) is 14.2 Å². The quantitative estimate of drug-likeness (QED) is 0.345. The molecule has 1 amide bonds. The van der Waals surface area contributed by atoms with Gasteiger partial charge in [0.2, 0.25) is 5.91 Å². The molecule has 0 bridgehead atoms. The lowest BCUT2D eigenvalue weighted by molar-refractivity contribution is -0.189. The van der Waals surface area contributed by atoms with E-state index in [1.54, 1.807) is 13.8 Å². The number of hydrogen-bond acceptors (Lipinski definition) is 5. The van der Waals surface area contributed by atoms with Gasteiger partial charge in [-0.2, -0.15) is 0 Å². The van der Waals surface area contributed by atoms with Crippen LogP contribution < -0.4 is 0 Å². The minimum Gasteiger partial charge on any atom is -0.309 e. The molecule has 0 unspecified atom stereocenters. The van der Waals surface area contributed by atoms with E-state index in [1.165, 1.54) is 12.0 Å². The second kappa shape index (κ2) is 11.9. The molecule has 0 aromatic heterocycles. The van der Waals surface area contributed by atoms with Crippen molar-refractivity contribution in [2.24, 2.45) is 0 Å². The summed E-state index contributed by atoms with van der Waals surface area (Å²) in [4.78, 5) is 17.6. The Balaban J connectivity index is 1.87. The van der Waals surface area contributed by atoms with E-state index in [2.05, 4.69) is 12.1 Å². The highest BCUT2D eigenvalue weighted by molar-refractivity contribution is 7.53. The van der Waals surface area contributed by atoms with Crippen LogP contribution >= 0.6 is 7.60 Å². The summed E-state index contributed by atoms with van der Waals surface area (Å²) in [7, 11) is -3.11. The van der Waals surface area contributed by atoms with Crippen LogP contribution in [-0.4, -0.2) is 36.9 Å². The molecule has 0 spiro atoms. The number of hydroxylamine groups is 2.